The Morgan fingerprint density at radius 3 is 3.06 bits per heavy atom. The van der Waals surface area contributed by atoms with Crippen LogP contribution >= 0.6 is 11.3 Å². The maximum Gasteiger partial charge on any atom is 0.109 e. The van der Waals surface area contributed by atoms with E-state index in [2.05, 4.69) is 23.3 Å². The monoisotopic (exact) mass is 249 g/mol. The first-order valence-electron chi connectivity index (χ1n) is 6.40. The van der Waals surface area contributed by atoms with Gasteiger partial charge in [-0.05, 0) is 19.3 Å². The van der Waals surface area contributed by atoms with Crippen LogP contribution in [0.5, 0.6) is 0 Å². The van der Waals surface area contributed by atoms with Crippen LogP contribution in [0.2, 0.25) is 0 Å². The third kappa shape index (κ3) is 3.05. The third-order valence-corrected chi connectivity index (χ3v) is 4.39. The van der Waals surface area contributed by atoms with E-state index in [4.69, 9.17) is 0 Å². The molecule has 0 bridgehead atoms. The van der Waals surface area contributed by atoms with Crippen molar-refractivity contribution in [3.8, 4) is 6.07 Å². The predicted octanol–water partition coefficient (Wildman–Crippen LogP) is 3.27. The number of hydrogen-bond donors (Lipinski definition) is 1. The number of rotatable bonds is 4. The second-order valence-electron chi connectivity index (χ2n) is 4.62. The maximum absolute atomic E-state index is 9.17. The highest BCUT2D eigenvalue weighted by Gasteiger charge is 2.27. The third-order valence-electron chi connectivity index (χ3n) is 3.50. The first kappa shape index (κ1) is 12.5. The summed E-state index contributed by atoms with van der Waals surface area (Å²) in [5.74, 6) is 0.178. The van der Waals surface area contributed by atoms with Crippen molar-refractivity contribution in [1.82, 2.24) is 10.3 Å². The lowest BCUT2D eigenvalue weighted by Gasteiger charge is -2.30. The van der Waals surface area contributed by atoms with Crippen LogP contribution in [-0.4, -0.2) is 11.0 Å². The van der Waals surface area contributed by atoms with Crippen molar-refractivity contribution in [2.45, 2.75) is 51.1 Å². The van der Waals surface area contributed by atoms with Crippen LogP contribution in [0.4, 0.5) is 0 Å². The van der Waals surface area contributed by atoms with Gasteiger partial charge in [0, 0.05) is 17.6 Å². The molecule has 1 aromatic rings. The van der Waals surface area contributed by atoms with E-state index in [1.54, 1.807) is 11.3 Å². The van der Waals surface area contributed by atoms with Crippen LogP contribution in [0.3, 0.4) is 0 Å². The fourth-order valence-corrected chi connectivity index (χ4v) is 3.30. The standard InChI is InChI=1S/C13H19N3S/c1-2-11(13-15-7-8-17-13)16-12-6-4-3-5-10(12)9-14/h7-8,10-12,16H,2-6H2,1H3. The molecular formula is C13H19N3S. The largest absolute Gasteiger partial charge is 0.304 e. The molecule has 0 aromatic carbocycles. The van der Waals surface area contributed by atoms with Gasteiger partial charge < -0.3 is 5.32 Å². The van der Waals surface area contributed by atoms with Gasteiger partial charge in [-0.15, -0.1) is 11.3 Å². The number of nitriles is 1. The predicted molar refractivity (Wildman–Crippen MR) is 69.6 cm³/mol. The Kier molecular flexibility index (Phi) is 4.52. The molecule has 1 heterocycles. The number of hydrogen-bond acceptors (Lipinski definition) is 4. The molecule has 92 valence electrons. The molecule has 0 radical (unpaired) electrons. The highest BCUT2D eigenvalue weighted by molar-refractivity contribution is 7.09. The lowest BCUT2D eigenvalue weighted by atomic mass is 9.85. The molecule has 3 atom stereocenters. The molecule has 3 unspecified atom stereocenters. The van der Waals surface area contributed by atoms with Crippen LogP contribution < -0.4 is 5.32 Å². The van der Waals surface area contributed by atoms with Crippen molar-refractivity contribution in [2.75, 3.05) is 0 Å². The minimum absolute atomic E-state index is 0.178. The molecule has 2 rings (SSSR count). The van der Waals surface area contributed by atoms with Gasteiger partial charge in [-0.25, -0.2) is 4.98 Å². The van der Waals surface area contributed by atoms with E-state index >= 15 is 0 Å². The lowest BCUT2D eigenvalue weighted by Crippen LogP contribution is -2.40. The Hall–Kier alpha value is -0.920. The van der Waals surface area contributed by atoms with Gasteiger partial charge in [0.1, 0.15) is 5.01 Å². The number of thiazole rings is 1. The van der Waals surface area contributed by atoms with Crippen molar-refractivity contribution in [3.05, 3.63) is 16.6 Å². The van der Waals surface area contributed by atoms with Crippen molar-refractivity contribution >= 4 is 11.3 Å². The van der Waals surface area contributed by atoms with Gasteiger partial charge in [-0.1, -0.05) is 19.8 Å². The summed E-state index contributed by atoms with van der Waals surface area (Å²) in [5, 5.41) is 16.0. The van der Waals surface area contributed by atoms with Crippen molar-refractivity contribution in [3.63, 3.8) is 0 Å². The molecule has 4 heteroatoms. The summed E-state index contributed by atoms with van der Waals surface area (Å²) in [6.07, 6.45) is 7.49. The van der Waals surface area contributed by atoms with E-state index in [9.17, 15) is 5.26 Å². The second kappa shape index (κ2) is 6.13. The SMILES string of the molecule is CCC(NC1CCCCC1C#N)c1nccs1. The van der Waals surface area contributed by atoms with Gasteiger partial charge in [0.2, 0.25) is 0 Å². The number of aromatic nitrogens is 1. The van der Waals surface area contributed by atoms with Crippen LogP contribution in [-0.2, 0) is 0 Å². The Morgan fingerprint density at radius 2 is 2.41 bits per heavy atom. The zero-order chi connectivity index (χ0) is 12.1. The molecule has 0 aliphatic heterocycles. The number of nitrogens with one attached hydrogen (secondary N) is 1. The maximum atomic E-state index is 9.17. The Balaban J connectivity index is 2.00. The molecule has 0 amide bonds. The van der Waals surface area contributed by atoms with Crippen LogP contribution in [0.15, 0.2) is 11.6 Å². The van der Waals surface area contributed by atoms with Crippen molar-refractivity contribution in [1.29, 1.82) is 5.26 Å². The van der Waals surface area contributed by atoms with Crippen LogP contribution in [0, 0.1) is 17.2 Å². The van der Waals surface area contributed by atoms with E-state index in [0.29, 0.717) is 12.1 Å². The van der Waals surface area contributed by atoms with Gasteiger partial charge in [0.25, 0.3) is 0 Å². The normalized spacial score (nSPS) is 26.4. The molecule has 1 aliphatic carbocycles. The van der Waals surface area contributed by atoms with Gasteiger partial charge in [0.05, 0.1) is 18.0 Å². The minimum Gasteiger partial charge on any atom is -0.304 e. The average molecular weight is 249 g/mol. The quantitative estimate of drug-likeness (QED) is 0.891. The van der Waals surface area contributed by atoms with Crippen LogP contribution in [0.1, 0.15) is 50.1 Å². The molecule has 1 fully saturated rings. The summed E-state index contributed by atoms with van der Waals surface area (Å²) in [4.78, 5) is 4.38. The molecule has 1 saturated carbocycles. The van der Waals surface area contributed by atoms with Crippen LogP contribution in [0.25, 0.3) is 0 Å². The summed E-state index contributed by atoms with van der Waals surface area (Å²) in [6.45, 7) is 2.17. The first-order valence-corrected chi connectivity index (χ1v) is 7.28. The Labute approximate surface area is 107 Å². The zero-order valence-corrected chi connectivity index (χ0v) is 11.0. The van der Waals surface area contributed by atoms with Gasteiger partial charge >= 0.3 is 0 Å². The van der Waals surface area contributed by atoms with E-state index in [0.717, 1.165) is 24.3 Å². The summed E-state index contributed by atoms with van der Waals surface area (Å²) < 4.78 is 0. The summed E-state index contributed by atoms with van der Waals surface area (Å²) >= 11 is 1.70. The molecular weight excluding hydrogens is 230 g/mol. The van der Waals surface area contributed by atoms with Crippen molar-refractivity contribution < 1.29 is 0 Å². The highest BCUT2D eigenvalue weighted by Crippen LogP contribution is 2.27. The summed E-state index contributed by atoms with van der Waals surface area (Å²) in [6, 6.07) is 3.11. The first-order chi connectivity index (χ1) is 8.35. The molecule has 1 N–H and O–H groups in total. The Morgan fingerprint density at radius 1 is 1.59 bits per heavy atom. The van der Waals surface area contributed by atoms with Gasteiger partial charge in [0.15, 0.2) is 0 Å². The van der Waals surface area contributed by atoms with Gasteiger partial charge in [-0.3, -0.25) is 0 Å². The smallest absolute Gasteiger partial charge is 0.109 e. The second-order valence-corrected chi connectivity index (χ2v) is 5.55. The summed E-state index contributed by atoms with van der Waals surface area (Å²) in [5.41, 5.74) is 0. The number of nitrogens with zero attached hydrogens (tertiary/aromatic N) is 2. The molecule has 1 aliphatic rings. The highest BCUT2D eigenvalue weighted by atomic mass is 32.1. The average Bonchev–Trinajstić information content (AvgIpc) is 2.90. The van der Waals surface area contributed by atoms with E-state index in [1.165, 1.54) is 12.8 Å². The van der Waals surface area contributed by atoms with Gasteiger partial charge in [-0.2, -0.15) is 5.26 Å². The van der Waals surface area contributed by atoms with Crippen molar-refractivity contribution in [2.24, 2.45) is 5.92 Å². The molecule has 0 spiro atoms. The van der Waals surface area contributed by atoms with E-state index < -0.39 is 0 Å². The van der Waals surface area contributed by atoms with E-state index in [-0.39, 0.29) is 5.92 Å². The lowest BCUT2D eigenvalue weighted by molar-refractivity contribution is 0.283. The topological polar surface area (TPSA) is 48.7 Å². The molecule has 3 nitrogen and oxygen atoms in total. The zero-order valence-electron chi connectivity index (χ0n) is 10.2. The molecule has 0 saturated heterocycles. The molecule has 17 heavy (non-hydrogen) atoms. The Bertz CT molecular complexity index is 369. The molecule has 1 aromatic heterocycles. The summed E-state index contributed by atoms with van der Waals surface area (Å²) in [7, 11) is 0. The van der Waals surface area contributed by atoms with E-state index in [1.807, 2.05) is 11.6 Å². The minimum atomic E-state index is 0.178. The fraction of sp³-hybridized carbons (Fsp3) is 0.692. The fourth-order valence-electron chi connectivity index (χ4n) is 2.51.